The average Bonchev–Trinajstić information content (AvgIpc) is 2.42. The lowest BCUT2D eigenvalue weighted by atomic mass is 10.2. The van der Waals surface area contributed by atoms with Gasteiger partial charge in [0.05, 0.1) is 11.1 Å². The number of carbonyl (C=O) groups is 2. The van der Waals surface area contributed by atoms with Crippen LogP contribution in [0.2, 0.25) is 0 Å². The molecule has 18 heavy (non-hydrogen) atoms. The van der Waals surface area contributed by atoms with Crippen molar-refractivity contribution >= 4 is 12.3 Å². The zero-order valence-corrected chi connectivity index (χ0v) is 9.37. The van der Waals surface area contributed by atoms with Crippen LogP contribution in [0, 0.1) is 0 Å². The first kappa shape index (κ1) is 11.9. The number of esters is 1. The molecule has 0 radical (unpaired) electrons. The van der Waals surface area contributed by atoms with Crippen molar-refractivity contribution in [2.45, 2.75) is 0 Å². The summed E-state index contributed by atoms with van der Waals surface area (Å²) in [6, 6.07) is 12.8. The third kappa shape index (κ3) is 2.38. The van der Waals surface area contributed by atoms with Crippen LogP contribution in [0.25, 0.3) is 0 Å². The van der Waals surface area contributed by atoms with Crippen molar-refractivity contribution in [3.8, 4) is 11.5 Å². The Kier molecular flexibility index (Phi) is 3.38. The maximum absolute atomic E-state index is 11.7. The fourth-order valence-electron chi connectivity index (χ4n) is 1.45. The summed E-state index contributed by atoms with van der Waals surface area (Å²) < 4.78 is 5.03. The summed E-state index contributed by atoms with van der Waals surface area (Å²) in [6.07, 6.45) is 0.495. The molecule has 0 aliphatic rings. The molecule has 0 spiro atoms. The van der Waals surface area contributed by atoms with E-state index in [4.69, 9.17) is 4.74 Å². The first-order valence-corrected chi connectivity index (χ1v) is 5.27. The molecule has 0 atom stereocenters. The highest BCUT2D eigenvalue weighted by atomic mass is 16.5. The van der Waals surface area contributed by atoms with Gasteiger partial charge in [0.25, 0.3) is 0 Å². The van der Waals surface area contributed by atoms with Gasteiger partial charge in [-0.15, -0.1) is 0 Å². The van der Waals surface area contributed by atoms with E-state index < -0.39 is 5.97 Å². The van der Waals surface area contributed by atoms with Crippen molar-refractivity contribution < 1.29 is 19.4 Å². The van der Waals surface area contributed by atoms with Crippen LogP contribution >= 0.6 is 0 Å². The molecule has 90 valence electrons. The van der Waals surface area contributed by atoms with Gasteiger partial charge >= 0.3 is 5.97 Å². The summed E-state index contributed by atoms with van der Waals surface area (Å²) in [5.41, 5.74) is 0.446. The fourth-order valence-corrected chi connectivity index (χ4v) is 1.45. The number of carbonyl (C=O) groups excluding carboxylic acids is 2. The normalized spacial score (nSPS) is 9.78. The Morgan fingerprint density at radius 3 is 2.44 bits per heavy atom. The summed E-state index contributed by atoms with van der Waals surface area (Å²) in [7, 11) is 0. The quantitative estimate of drug-likeness (QED) is 0.510. The molecule has 2 rings (SSSR count). The number of ether oxygens (including phenoxy) is 1. The van der Waals surface area contributed by atoms with Crippen LogP contribution in [-0.2, 0) is 0 Å². The van der Waals surface area contributed by atoms with E-state index in [9.17, 15) is 14.7 Å². The second-order valence-corrected chi connectivity index (χ2v) is 3.57. The molecule has 0 bridgehead atoms. The fraction of sp³-hybridized carbons (Fsp3) is 0. The third-order valence-electron chi connectivity index (χ3n) is 2.37. The topological polar surface area (TPSA) is 63.6 Å². The van der Waals surface area contributed by atoms with Crippen LogP contribution in [0.4, 0.5) is 0 Å². The number of para-hydroxylation sites is 1. The largest absolute Gasteiger partial charge is 0.504 e. The van der Waals surface area contributed by atoms with Gasteiger partial charge in [-0.05, 0) is 24.3 Å². The molecule has 1 N–H and O–H groups in total. The van der Waals surface area contributed by atoms with Gasteiger partial charge in [0.1, 0.15) is 0 Å². The van der Waals surface area contributed by atoms with Crippen LogP contribution in [0.3, 0.4) is 0 Å². The molecule has 2 aromatic carbocycles. The number of phenolic OH excluding ortho intramolecular Hbond substituents is 1. The van der Waals surface area contributed by atoms with Gasteiger partial charge in [-0.2, -0.15) is 0 Å². The monoisotopic (exact) mass is 242 g/mol. The molecule has 0 aromatic heterocycles. The molecule has 0 amide bonds. The van der Waals surface area contributed by atoms with Crippen molar-refractivity contribution in [2.75, 3.05) is 0 Å². The van der Waals surface area contributed by atoms with E-state index in [1.807, 2.05) is 0 Å². The molecular formula is C14H10O4. The van der Waals surface area contributed by atoms with Gasteiger partial charge in [0, 0.05) is 0 Å². The Morgan fingerprint density at radius 1 is 1.06 bits per heavy atom. The lowest BCUT2D eigenvalue weighted by Crippen LogP contribution is -2.08. The summed E-state index contributed by atoms with van der Waals surface area (Å²) in [4.78, 5) is 22.4. The minimum atomic E-state index is -0.589. The predicted molar refractivity (Wildman–Crippen MR) is 64.9 cm³/mol. The molecule has 0 saturated carbocycles. The molecule has 0 aliphatic heterocycles. The van der Waals surface area contributed by atoms with E-state index in [1.54, 1.807) is 30.3 Å². The molecule has 0 heterocycles. The smallest absolute Gasteiger partial charge is 0.343 e. The number of hydrogen-bond acceptors (Lipinski definition) is 4. The first-order chi connectivity index (χ1) is 8.72. The number of aromatic hydroxyl groups is 1. The maximum atomic E-state index is 11.7. The predicted octanol–water partition coefficient (Wildman–Crippen LogP) is 2.42. The number of benzene rings is 2. The average molecular weight is 242 g/mol. The second-order valence-electron chi connectivity index (χ2n) is 3.57. The first-order valence-electron chi connectivity index (χ1n) is 5.27. The maximum Gasteiger partial charge on any atom is 0.343 e. The minimum Gasteiger partial charge on any atom is -0.504 e. The lowest BCUT2D eigenvalue weighted by Gasteiger charge is -2.07. The Balaban J connectivity index is 2.25. The van der Waals surface area contributed by atoms with E-state index in [1.165, 1.54) is 18.2 Å². The van der Waals surface area contributed by atoms with Gasteiger partial charge in [-0.25, -0.2) is 4.79 Å². The standard InChI is InChI=1S/C14H10O4/c15-9-11-7-4-8-12(13(11)16)18-14(17)10-5-2-1-3-6-10/h1-9,16H. The highest BCUT2D eigenvalue weighted by Crippen LogP contribution is 2.29. The zero-order chi connectivity index (χ0) is 13.0. The Morgan fingerprint density at radius 2 is 1.78 bits per heavy atom. The Labute approximate surface area is 103 Å². The van der Waals surface area contributed by atoms with Crippen LogP contribution in [-0.4, -0.2) is 17.4 Å². The van der Waals surface area contributed by atoms with Crippen molar-refractivity contribution in [2.24, 2.45) is 0 Å². The molecule has 0 saturated heterocycles. The number of aldehydes is 1. The van der Waals surface area contributed by atoms with E-state index in [0.29, 0.717) is 11.8 Å². The van der Waals surface area contributed by atoms with Crippen LogP contribution in [0.5, 0.6) is 11.5 Å². The van der Waals surface area contributed by atoms with E-state index in [-0.39, 0.29) is 17.1 Å². The van der Waals surface area contributed by atoms with Crippen molar-refractivity contribution in [1.82, 2.24) is 0 Å². The van der Waals surface area contributed by atoms with E-state index in [2.05, 4.69) is 0 Å². The van der Waals surface area contributed by atoms with E-state index in [0.717, 1.165) is 0 Å². The molecule has 4 heteroatoms. The molecule has 0 unspecified atom stereocenters. The summed E-state index contributed by atoms with van der Waals surface area (Å²) in [5.74, 6) is -0.959. The van der Waals surface area contributed by atoms with Crippen LogP contribution in [0.1, 0.15) is 20.7 Å². The van der Waals surface area contributed by atoms with Crippen LogP contribution < -0.4 is 4.74 Å². The van der Waals surface area contributed by atoms with Crippen molar-refractivity contribution in [3.63, 3.8) is 0 Å². The number of rotatable bonds is 3. The SMILES string of the molecule is O=Cc1cccc(OC(=O)c2ccccc2)c1O. The third-order valence-corrected chi connectivity index (χ3v) is 2.37. The summed E-state index contributed by atoms with van der Waals surface area (Å²) in [6.45, 7) is 0. The number of hydrogen-bond donors (Lipinski definition) is 1. The van der Waals surface area contributed by atoms with Gasteiger partial charge in [-0.1, -0.05) is 24.3 Å². The van der Waals surface area contributed by atoms with Crippen LogP contribution in [0.15, 0.2) is 48.5 Å². The molecule has 0 fully saturated rings. The molecule has 2 aromatic rings. The van der Waals surface area contributed by atoms with E-state index >= 15 is 0 Å². The van der Waals surface area contributed by atoms with Gasteiger partial charge in [-0.3, -0.25) is 4.79 Å². The molecule has 4 nitrogen and oxygen atoms in total. The minimum absolute atomic E-state index is 0.0338. The Bertz CT molecular complexity index is 576. The number of phenols is 1. The van der Waals surface area contributed by atoms with Gasteiger partial charge < -0.3 is 9.84 Å². The van der Waals surface area contributed by atoms with Gasteiger partial charge in [0.15, 0.2) is 17.8 Å². The second kappa shape index (κ2) is 5.14. The summed E-state index contributed by atoms with van der Waals surface area (Å²) >= 11 is 0. The Hall–Kier alpha value is -2.62. The highest BCUT2D eigenvalue weighted by molar-refractivity contribution is 5.92. The van der Waals surface area contributed by atoms with Gasteiger partial charge in [0.2, 0.25) is 0 Å². The molecule has 0 aliphatic carbocycles. The zero-order valence-electron chi connectivity index (χ0n) is 9.37. The summed E-state index contributed by atoms with van der Waals surface area (Å²) in [5, 5.41) is 9.68. The van der Waals surface area contributed by atoms with Crippen molar-refractivity contribution in [1.29, 1.82) is 0 Å². The lowest BCUT2D eigenvalue weighted by molar-refractivity contribution is 0.0728. The van der Waals surface area contributed by atoms with Crippen molar-refractivity contribution in [3.05, 3.63) is 59.7 Å². The highest BCUT2D eigenvalue weighted by Gasteiger charge is 2.13. The molecular weight excluding hydrogens is 232 g/mol.